The van der Waals surface area contributed by atoms with Crippen LogP contribution >= 0.6 is 43.2 Å². The molecule has 17 N–H and O–H groups in total. The molecule has 5 atom stereocenters. The summed E-state index contributed by atoms with van der Waals surface area (Å²) in [5.41, 5.74) is -0.488. The molecule has 1 unspecified atom stereocenters. The third kappa shape index (κ3) is 43.4. The fraction of sp³-hybridized carbons (Fsp3) is 0.386. The van der Waals surface area contributed by atoms with Crippen molar-refractivity contribution in [1.82, 2.24) is 21.3 Å². The lowest BCUT2D eigenvalue weighted by Gasteiger charge is -2.21. The van der Waals surface area contributed by atoms with Gasteiger partial charge in [0.2, 0.25) is 11.5 Å². The number of carbonyl (C=O) groups excluding carboxylic acids is 5. The first-order chi connectivity index (χ1) is 52.9. The number of cyclic esters (lactones) is 1. The Hall–Kier alpha value is -11.8. The summed E-state index contributed by atoms with van der Waals surface area (Å²) in [4.78, 5) is 186. The fourth-order valence-electron chi connectivity index (χ4n) is 8.20. The highest BCUT2D eigenvalue weighted by atomic mass is 33.1. The van der Waals surface area contributed by atoms with Crippen LogP contribution in [-0.4, -0.2) is 221 Å². The number of carboxylic acid groups (broad SMARTS) is 12. The maximum absolute atomic E-state index is 12.6. The number of carboxylic acids is 12. The number of esters is 1. The summed E-state index contributed by atoms with van der Waals surface area (Å²) in [5.74, 6) is -15.7. The first kappa shape index (κ1) is 98.2. The van der Waals surface area contributed by atoms with Crippen LogP contribution in [0.2, 0.25) is 0 Å². The van der Waals surface area contributed by atoms with Gasteiger partial charge in [-0.2, -0.15) is 0 Å². The highest BCUT2D eigenvalue weighted by Crippen LogP contribution is 2.46. The molecule has 112 heavy (non-hydrogen) atoms. The summed E-state index contributed by atoms with van der Waals surface area (Å²) in [6.07, 6.45) is -0.714. The molecular weight excluding hydrogens is 1570 g/mol. The van der Waals surface area contributed by atoms with Crippen molar-refractivity contribution in [3.05, 3.63) is 150 Å². The van der Waals surface area contributed by atoms with Gasteiger partial charge in [-0.3, -0.25) is 47.9 Å². The normalized spacial score (nSPS) is 14.1. The Morgan fingerprint density at radius 2 is 0.830 bits per heavy atom. The largest absolute Gasteiger partial charge is 0.508 e. The van der Waals surface area contributed by atoms with Gasteiger partial charge in [0.25, 0.3) is 0 Å². The molecule has 4 aromatic carbocycles. The van der Waals surface area contributed by atoms with Crippen LogP contribution in [0.3, 0.4) is 0 Å². The number of alkyl carbamates (subject to hydrolysis) is 3. The Kier molecular flexibility index (Phi) is 47.3. The van der Waals surface area contributed by atoms with Crippen molar-refractivity contribution < 1.29 is 167 Å². The molecule has 6 rings (SSSR count). The van der Waals surface area contributed by atoms with E-state index in [0.717, 1.165) is 44.2 Å². The number of phenolic OH excluding ortho intramolecular Hbond substituents is 1. The van der Waals surface area contributed by atoms with E-state index in [0.29, 0.717) is 24.0 Å². The number of rotatable bonds is 42. The Labute approximate surface area is 653 Å². The second-order valence-corrected chi connectivity index (χ2v) is 28.4. The van der Waals surface area contributed by atoms with Gasteiger partial charge in [-0.05, 0) is 72.9 Å². The average Bonchev–Trinajstić information content (AvgIpc) is 1.63. The maximum atomic E-state index is 12.6. The number of benzene rings is 4. The van der Waals surface area contributed by atoms with Gasteiger partial charge in [0, 0.05) is 61.5 Å². The number of hydrogen-bond donors (Lipinski definition) is 17. The molecule has 2 fully saturated rings. The number of aromatic hydroxyl groups is 1. The molecule has 0 aromatic heterocycles. The fourth-order valence-corrected chi connectivity index (χ4v) is 12.7. The van der Waals surface area contributed by atoms with E-state index >= 15 is 0 Å². The minimum Gasteiger partial charge on any atom is -0.508 e. The van der Waals surface area contributed by atoms with Crippen molar-refractivity contribution in [1.29, 1.82) is 0 Å². The molecule has 2 aliphatic rings. The number of phenols is 1. The van der Waals surface area contributed by atoms with Gasteiger partial charge >= 0.3 is 95.9 Å². The van der Waals surface area contributed by atoms with Crippen LogP contribution in [0.4, 0.5) is 14.4 Å². The highest BCUT2D eigenvalue weighted by Gasteiger charge is 2.57. The average molecular weight is 1650 g/mol. The van der Waals surface area contributed by atoms with E-state index in [4.69, 9.17) is 60.2 Å². The number of allylic oxidation sites excluding steroid dienone is 1. The first-order valence-corrected chi connectivity index (χ1v) is 37.9. The van der Waals surface area contributed by atoms with Crippen LogP contribution in [0.5, 0.6) is 5.75 Å². The standard InChI is InChI=1S/C22H24N2O8S2.C22H24N2O8.C8H14O4S2.C7H8O6.C6H8O4.C5H6O4/c25-19(26)17(23-21(29)31-11-15-7-3-1-4-8-15)13-33-34-14-18(20(27)28)24-22(30)32-12-16-9-5-2-6-10-16;25-16-8-6-14(7-9-16)12-18(21(29)30)23-20(28)17(10-11-19(26)27)24-22(31)32-13-15-4-2-1-3-5-15;9-7(10)3-1-5-13-14-6-2-4-8(11)12;8-4(9)3-7(6(11)12)2-1-5(10)13-7;1-2-3-4(5(7)8)6(9)10;6-3(7)5(1-2-5)4(8)9/h1-10,17-18H,11-14H2,(H,23,29)(H,24,30)(H,25,26)(H,27,28);1-9,17-18,25H,10-13H2,(H,23,28)(H,24,31)(H,26,27)(H,29,30);1-6H2,(H,9,10)(H,11,12);1-3H2,(H,8,9)(H,11,12);2,4H,1,3H2,(H,7,8)(H,9,10);1-2H2,(H,6,7)(H,8,9)/t2*17-,18-;;;;/m00..../s1. The molecule has 0 spiro atoms. The molecule has 612 valence electrons. The summed E-state index contributed by atoms with van der Waals surface area (Å²) in [5, 5.41) is 122. The van der Waals surface area contributed by atoms with Crippen molar-refractivity contribution in [2.45, 2.75) is 133 Å². The predicted molar refractivity (Wildman–Crippen MR) is 396 cm³/mol. The summed E-state index contributed by atoms with van der Waals surface area (Å²) in [6.45, 7) is 3.17. The third-order valence-corrected chi connectivity index (χ3v) is 19.4. The van der Waals surface area contributed by atoms with E-state index in [1.807, 2.05) is 12.1 Å². The first-order valence-electron chi connectivity index (χ1n) is 32.9. The lowest BCUT2D eigenvalue weighted by molar-refractivity contribution is -0.173. The number of nitrogens with one attached hydrogen (secondary N) is 4. The van der Waals surface area contributed by atoms with Crippen molar-refractivity contribution in [2.75, 3.05) is 23.0 Å². The van der Waals surface area contributed by atoms with Gasteiger partial charge in [-0.1, -0.05) is 152 Å². The van der Waals surface area contributed by atoms with E-state index in [2.05, 4.69) is 32.6 Å². The van der Waals surface area contributed by atoms with E-state index < -0.39 is 156 Å². The SMILES string of the molecule is C=CCC(C(=O)O)C(=O)O.O=C(N[C@@H](CSSC[C@H](NC(=O)OCc1ccccc1)C(=O)O)C(=O)O)OCc1ccccc1.O=C(O)C1(C(=O)O)CC1.O=C(O)CC1(C(=O)O)CCC(=O)O1.O=C(O)CCCSSCCCC(=O)O.O=C(O)CC[C@H](NC(=O)OCc1ccccc1)C(=O)N[C@@H](Cc1ccc(O)cc1)C(=O)O. The van der Waals surface area contributed by atoms with Crippen molar-refractivity contribution in [3.8, 4) is 5.75 Å². The Balaban J connectivity index is 0.000000728. The van der Waals surface area contributed by atoms with Crippen LogP contribution in [-0.2, 0) is 112 Å². The molecule has 1 aliphatic carbocycles. The zero-order valence-corrected chi connectivity index (χ0v) is 62.6. The molecule has 1 aliphatic heterocycles. The number of aliphatic carboxylic acids is 12. The third-order valence-electron chi connectivity index (χ3n) is 14.4. The molecular formula is C70H84N4O34S4. The van der Waals surface area contributed by atoms with Crippen molar-refractivity contribution >= 4 is 145 Å². The molecule has 4 amide bonds. The molecule has 0 radical (unpaired) electrons. The second-order valence-electron chi connectivity index (χ2n) is 23.2. The quantitative estimate of drug-likeness (QED) is 0.00542. The Morgan fingerprint density at radius 1 is 0.446 bits per heavy atom. The van der Waals surface area contributed by atoms with Gasteiger partial charge in [0.15, 0.2) is 11.3 Å². The van der Waals surface area contributed by atoms with Crippen molar-refractivity contribution in [2.24, 2.45) is 11.3 Å². The Bertz CT molecular complexity index is 3650. The number of amides is 4. The van der Waals surface area contributed by atoms with Gasteiger partial charge < -0.3 is 107 Å². The maximum Gasteiger partial charge on any atom is 0.408 e. The molecule has 38 nitrogen and oxygen atoms in total. The topological polar surface area (TPSA) is 638 Å². The molecule has 1 heterocycles. The van der Waals surface area contributed by atoms with E-state index in [-0.39, 0.29) is 94.9 Å². The summed E-state index contributed by atoms with van der Waals surface area (Å²) >= 11 is 0. The van der Waals surface area contributed by atoms with Gasteiger partial charge in [0.1, 0.15) is 49.7 Å². The summed E-state index contributed by atoms with van der Waals surface area (Å²) < 4.78 is 19.6. The van der Waals surface area contributed by atoms with E-state index in [1.54, 1.807) is 100 Å². The molecule has 4 aromatic rings. The van der Waals surface area contributed by atoms with Crippen LogP contribution in [0.1, 0.15) is 99.3 Å². The highest BCUT2D eigenvalue weighted by molar-refractivity contribution is 8.77. The molecule has 42 heteroatoms. The smallest absolute Gasteiger partial charge is 0.408 e. The van der Waals surface area contributed by atoms with E-state index in [9.17, 15) is 102 Å². The number of ether oxygens (including phenoxy) is 4. The van der Waals surface area contributed by atoms with Gasteiger partial charge in [-0.15, -0.1) is 6.58 Å². The summed E-state index contributed by atoms with van der Waals surface area (Å²) in [7, 11) is 5.29. The molecule has 1 saturated heterocycles. The summed E-state index contributed by atoms with van der Waals surface area (Å²) in [6, 6.07) is 27.3. The molecule has 0 bridgehead atoms. The number of hydrogen-bond acceptors (Lipinski definition) is 26. The van der Waals surface area contributed by atoms with Gasteiger partial charge in [-0.25, -0.2) is 33.6 Å². The monoisotopic (exact) mass is 1650 g/mol. The zero-order chi connectivity index (χ0) is 84.4. The molecule has 1 saturated carbocycles. The Morgan fingerprint density at radius 3 is 1.12 bits per heavy atom. The van der Waals surface area contributed by atoms with Gasteiger partial charge in [0.05, 0.1) is 6.42 Å². The van der Waals surface area contributed by atoms with Crippen LogP contribution in [0.25, 0.3) is 0 Å². The van der Waals surface area contributed by atoms with Crippen LogP contribution in [0.15, 0.2) is 128 Å². The minimum atomic E-state index is -1.84. The van der Waals surface area contributed by atoms with Crippen molar-refractivity contribution in [3.63, 3.8) is 0 Å². The number of carbonyl (C=O) groups is 17. The zero-order valence-electron chi connectivity index (χ0n) is 59.3. The second kappa shape index (κ2) is 53.9. The minimum absolute atomic E-state index is 0.00671. The van der Waals surface area contributed by atoms with Crippen LogP contribution < -0.4 is 21.3 Å². The predicted octanol–water partition coefficient (Wildman–Crippen LogP) is 6.79. The van der Waals surface area contributed by atoms with E-state index in [1.165, 1.54) is 30.3 Å². The van der Waals surface area contributed by atoms with Crippen LogP contribution in [0, 0.1) is 11.3 Å². The lowest BCUT2D eigenvalue weighted by atomic mass is 9.96. The lowest BCUT2D eigenvalue weighted by Crippen LogP contribution is -2.52.